The summed E-state index contributed by atoms with van der Waals surface area (Å²) >= 11 is 1.88. The molecule has 8 aromatic rings. The molecule has 0 radical (unpaired) electrons. The summed E-state index contributed by atoms with van der Waals surface area (Å²) in [5, 5.41) is 5.12. The average Bonchev–Trinajstić information content (AvgIpc) is 3.45. The summed E-state index contributed by atoms with van der Waals surface area (Å²) in [5.74, 6) is 0. The number of para-hydroxylation sites is 1. The second kappa shape index (κ2) is 10.3. The third-order valence-corrected chi connectivity index (χ3v) is 9.30. The van der Waals surface area contributed by atoms with Crippen molar-refractivity contribution in [1.82, 2.24) is 0 Å². The Labute approximate surface area is 249 Å². The Hall–Kier alpha value is -5.18. The number of rotatable bonds is 5. The van der Waals surface area contributed by atoms with Crippen LogP contribution in [0.2, 0.25) is 0 Å². The van der Waals surface area contributed by atoms with E-state index >= 15 is 0 Å². The van der Waals surface area contributed by atoms with Gasteiger partial charge < -0.3 is 4.90 Å². The van der Waals surface area contributed by atoms with Crippen LogP contribution in [0.1, 0.15) is 0 Å². The van der Waals surface area contributed by atoms with Gasteiger partial charge in [0.15, 0.2) is 0 Å². The van der Waals surface area contributed by atoms with Crippen LogP contribution in [0.25, 0.3) is 53.2 Å². The summed E-state index contributed by atoms with van der Waals surface area (Å²) < 4.78 is 2.67. The molecule has 8 rings (SSSR count). The third kappa shape index (κ3) is 4.16. The van der Waals surface area contributed by atoms with E-state index in [1.165, 1.54) is 58.9 Å². The smallest absolute Gasteiger partial charge is 0.0540 e. The largest absolute Gasteiger partial charge is 0.310 e. The van der Waals surface area contributed by atoms with Gasteiger partial charge in [0.05, 0.1) is 5.69 Å². The Morgan fingerprint density at radius 2 is 0.976 bits per heavy atom. The van der Waals surface area contributed by atoms with E-state index < -0.39 is 0 Å². The van der Waals surface area contributed by atoms with E-state index in [2.05, 4.69) is 169 Å². The maximum atomic E-state index is 2.36. The summed E-state index contributed by atoms with van der Waals surface area (Å²) in [6, 6.07) is 59.0. The first-order chi connectivity index (χ1) is 20.8. The highest BCUT2D eigenvalue weighted by Gasteiger charge is 2.17. The highest BCUT2D eigenvalue weighted by Crippen LogP contribution is 2.44. The number of nitrogens with zero attached hydrogens (tertiary/aromatic N) is 1. The summed E-state index contributed by atoms with van der Waals surface area (Å²) in [5.41, 5.74) is 8.43. The predicted octanol–water partition coefficient (Wildman–Crippen LogP) is 12.0. The highest BCUT2D eigenvalue weighted by molar-refractivity contribution is 7.26. The molecule has 0 aliphatic carbocycles. The molecule has 0 saturated carbocycles. The second-order valence-corrected chi connectivity index (χ2v) is 11.6. The van der Waals surface area contributed by atoms with Gasteiger partial charge in [-0.2, -0.15) is 0 Å². The molecule has 0 fully saturated rings. The van der Waals surface area contributed by atoms with Crippen LogP contribution < -0.4 is 4.90 Å². The lowest BCUT2D eigenvalue weighted by molar-refractivity contribution is 1.30. The van der Waals surface area contributed by atoms with Crippen molar-refractivity contribution in [3.8, 4) is 22.3 Å². The van der Waals surface area contributed by atoms with E-state index in [-0.39, 0.29) is 0 Å². The maximum Gasteiger partial charge on any atom is 0.0540 e. The van der Waals surface area contributed by atoms with Crippen LogP contribution in [0.15, 0.2) is 164 Å². The lowest BCUT2D eigenvalue weighted by atomic mass is 9.93. The fourth-order valence-corrected chi connectivity index (χ4v) is 7.36. The molecule has 0 atom stereocenters. The van der Waals surface area contributed by atoms with Gasteiger partial charge in [-0.25, -0.2) is 0 Å². The minimum Gasteiger partial charge on any atom is -0.310 e. The van der Waals surface area contributed by atoms with Gasteiger partial charge in [-0.15, -0.1) is 11.3 Å². The van der Waals surface area contributed by atoms with Crippen LogP contribution in [-0.4, -0.2) is 0 Å². The summed E-state index contributed by atoms with van der Waals surface area (Å²) in [6.45, 7) is 0. The Morgan fingerprint density at radius 3 is 1.83 bits per heavy atom. The van der Waals surface area contributed by atoms with Crippen molar-refractivity contribution in [2.45, 2.75) is 0 Å². The van der Waals surface area contributed by atoms with Crippen LogP contribution in [0.5, 0.6) is 0 Å². The topological polar surface area (TPSA) is 3.24 Å². The average molecular weight is 554 g/mol. The lowest BCUT2D eigenvalue weighted by Crippen LogP contribution is -2.10. The number of fused-ring (bicyclic) bond motifs is 4. The Morgan fingerprint density at radius 1 is 0.381 bits per heavy atom. The third-order valence-electron chi connectivity index (χ3n) is 8.08. The van der Waals surface area contributed by atoms with Gasteiger partial charge in [0.1, 0.15) is 0 Å². The first kappa shape index (κ1) is 24.6. The molecular formula is C40H27NS. The summed E-state index contributed by atoms with van der Waals surface area (Å²) in [7, 11) is 0. The van der Waals surface area contributed by atoms with Gasteiger partial charge in [-0.05, 0) is 58.5 Å². The zero-order valence-corrected chi connectivity index (χ0v) is 23.8. The van der Waals surface area contributed by atoms with Crippen molar-refractivity contribution in [1.29, 1.82) is 0 Å². The van der Waals surface area contributed by atoms with Crippen molar-refractivity contribution in [3.05, 3.63) is 164 Å². The Kier molecular flexibility index (Phi) is 6.05. The molecule has 0 N–H and O–H groups in total. The van der Waals surface area contributed by atoms with Gasteiger partial charge in [-0.3, -0.25) is 0 Å². The summed E-state index contributed by atoms with van der Waals surface area (Å²) in [4.78, 5) is 2.36. The molecule has 1 aromatic heterocycles. The number of thiophene rings is 1. The fraction of sp³-hybridized carbons (Fsp3) is 0. The van der Waals surface area contributed by atoms with Crippen molar-refractivity contribution in [2.24, 2.45) is 0 Å². The van der Waals surface area contributed by atoms with Gasteiger partial charge >= 0.3 is 0 Å². The molecule has 0 saturated heterocycles. The van der Waals surface area contributed by atoms with E-state index in [0.29, 0.717) is 0 Å². The first-order valence-electron chi connectivity index (χ1n) is 14.3. The van der Waals surface area contributed by atoms with Crippen LogP contribution in [0.4, 0.5) is 17.1 Å². The molecule has 42 heavy (non-hydrogen) atoms. The minimum absolute atomic E-state index is 1.13. The van der Waals surface area contributed by atoms with E-state index in [4.69, 9.17) is 0 Å². The minimum atomic E-state index is 1.13. The molecule has 198 valence electrons. The standard InChI is InChI=1S/C40H27NS/c1-2-14-30(15-3-1)41(38-22-10-13-28-12-4-5-17-33(28)38)31-26-24-29(25-27-31)32-16-6-7-18-34(32)36-20-11-21-37-35-19-8-9-23-39(35)42-40(36)37/h1-27H. The van der Waals surface area contributed by atoms with E-state index in [9.17, 15) is 0 Å². The molecule has 0 aliphatic rings. The van der Waals surface area contributed by atoms with Crippen molar-refractivity contribution in [3.63, 3.8) is 0 Å². The van der Waals surface area contributed by atoms with Crippen LogP contribution in [-0.2, 0) is 0 Å². The maximum absolute atomic E-state index is 2.36. The first-order valence-corrected chi connectivity index (χ1v) is 15.1. The zero-order valence-electron chi connectivity index (χ0n) is 22.9. The van der Waals surface area contributed by atoms with E-state index in [1.807, 2.05) is 11.3 Å². The molecule has 0 unspecified atom stereocenters. The quantitative estimate of drug-likeness (QED) is 0.205. The van der Waals surface area contributed by atoms with Crippen LogP contribution >= 0.6 is 11.3 Å². The van der Waals surface area contributed by atoms with Gasteiger partial charge in [0.25, 0.3) is 0 Å². The van der Waals surface area contributed by atoms with Gasteiger partial charge in [0, 0.05) is 42.5 Å². The number of anilines is 3. The number of hydrogen-bond acceptors (Lipinski definition) is 2. The monoisotopic (exact) mass is 553 g/mol. The Balaban J connectivity index is 1.25. The fourth-order valence-electron chi connectivity index (χ4n) is 6.13. The van der Waals surface area contributed by atoms with Crippen LogP contribution in [0.3, 0.4) is 0 Å². The molecule has 0 amide bonds. The Bertz CT molecular complexity index is 2190. The SMILES string of the molecule is c1ccc(N(c2ccc(-c3ccccc3-c3cccc4c3sc3ccccc34)cc2)c2cccc3ccccc23)cc1. The van der Waals surface area contributed by atoms with E-state index in [1.54, 1.807) is 0 Å². The molecular weight excluding hydrogens is 527 g/mol. The zero-order chi connectivity index (χ0) is 27.9. The van der Waals surface area contributed by atoms with E-state index in [0.717, 1.165) is 11.4 Å². The molecule has 0 aliphatic heterocycles. The molecule has 0 bridgehead atoms. The molecule has 1 heterocycles. The number of benzene rings is 7. The molecule has 2 heteroatoms. The lowest BCUT2D eigenvalue weighted by Gasteiger charge is -2.27. The van der Waals surface area contributed by atoms with Crippen molar-refractivity contribution in [2.75, 3.05) is 4.90 Å². The van der Waals surface area contributed by atoms with Crippen molar-refractivity contribution < 1.29 is 0 Å². The normalized spacial score (nSPS) is 11.3. The second-order valence-electron chi connectivity index (χ2n) is 10.5. The predicted molar refractivity (Wildman–Crippen MR) is 182 cm³/mol. The highest BCUT2D eigenvalue weighted by atomic mass is 32.1. The number of hydrogen-bond donors (Lipinski definition) is 0. The molecule has 0 spiro atoms. The molecule has 7 aromatic carbocycles. The molecule has 1 nitrogen and oxygen atoms in total. The van der Waals surface area contributed by atoms with Gasteiger partial charge in [-0.1, -0.05) is 127 Å². The van der Waals surface area contributed by atoms with Gasteiger partial charge in [0.2, 0.25) is 0 Å². The van der Waals surface area contributed by atoms with Crippen molar-refractivity contribution >= 4 is 59.3 Å². The van der Waals surface area contributed by atoms with Crippen LogP contribution in [0, 0.1) is 0 Å². The summed E-state index contributed by atoms with van der Waals surface area (Å²) in [6.07, 6.45) is 0.